The molecule has 3 nitrogen and oxygen atoms in total. The van der Waals surface area contributed by atoms with E-state index in [-0.39, 0.29) is 5.02 Å². The van der Waals surface area contributed by atoms with E-state index in [1.807, 2.05) is 6.07 Å². The number of hydrogen-bond donors (Lipinski definition) is 0. The van der Waals surface area contributed by atoms with Crippen molar-refractivity contribution in [1.29, 1.82) is 0 Å². The summed E-state index contributed by atoms with van der Waals surface area (Å²) in [4.78, 5) is 15.5. The van der Waals surface area contributed by atoms with Crippen molar-refractivity contribution < 1.29 is 22.7 Å². The Labute approximate surface area is 183 Å². The van der Waals surface area contributed by atoms with Gasteiger partial charge >= 0.3 is 6.18 Å². The summed E-state index contributed by atoms with van der Waals surface area (Å²) in [7, 11) is 0. The summed E-state index contributed by atoms with van der Waals surface area (Å²) in [5, 5.41) is 0.283. The normalized spacial score (nSPS) is 12.4. The molecule has 0 N–H and O–H groups in total. The van der Waals surface area contributed by atoms with Crippen LogP contribution in [0.25, 0.3) is 11.1 Å². The quantitative estimate of drug-likeness (QED) is 0.335. The van der Waals surface area contributed by atoms with E-state index in [0.717, 1.165) is 25.0 Å². The number of alkyl halides is 3. The smallest absolute Gasteiger partial charge is 0.416 e. The Morgan fingerprint density at radius 3 is 2.48 bits per heavy atom. The minimum Gasteiger partial charge on any atom is -0.484 e. The number of hydrogen-bond acceptors (Lipinski definition) is 3. The average molecular weight is 448 g/mol. The summed E-state index contributed by atoms with van der Waals surface area (Å²) in [6.45, 7) is 2.06. The van der Waals surface area contributed by atoms with Crippen LogP contribution in [0.5, 0.6) is 5.75 Å². The first kappa shape index (κ1) is 22.8. The van der Waals surface area contributed by atoms with Crippen molar-refractivity contribution in [2.75, 3.05) is 0 Å². The van der Waals surface area contributed by atoms with E-state index in [2.05, 4.69) is 11.9 Å². The average Bonchev–Trinajstić information content (AvgIpc) is 2.76. The monoisotopic (exact) mass is 447 g/mol. The van der Waals surface area contributed by atoms with Gasteiger partial charge in [-0.25, -0.2) is 0 Å². The van der Waals surface area contributed by atoms with Crippen molar-refractivity contribution in [2.24, 2.45) is 0 Å². The molecule has 0 saturated carbocycles. The highest BCUT2D eigenvalue weighted by atomic mass is 35.5. The Kier molecular flexibility index (Phi) is 7.33. The summed E-state index contributed by atoms with van der Waals surface area (Å²) in [6.07, 6.45) is -0.0577. The second-order valence-electron chi connectivity index (χ2n) is 7.06. The largest absolute Gasteiger partial charge is 0.484 e. The summed E-state index contributed by atoms with van der Waals surface area (Å²) in [5.41, 5.74) is 1.61. The lowest BCUT2D eigenvalue weighted by atomic mass is 9.97. The number of ether oxygens (including phenoxy) is 1. The van der Waals surface area contributed by atoms with Gasteiger partial charge in [0.1, 0.15) is 11.9 Å². The molecule has 0 aliphatic carbocycles. The lowest BCUT2D eigenvalue weighted by Gasteiger charge is -2.22. The molecule has 1 atom stereocenters. The van der Waals surface area contributed by atoms with Gasteiger partial charge in [0, 0.05) is 17.3 Å². The fourth-order valence-electron chi connectivity index (χ4n) is 3.24. The fourth-order valence-corrected chi connectivity index (χ4v) is 3.45. The van der Waals surface area contributed by atoms with Gasteiger partial charge in [-0.15, -0.1) is 0 Å². The molecule has 3 aromatic rings. The van der Waals surface area contributed by atoms with Crippen LogP contribution in [-0.2, 0) is 6.18 Å². The summed E-state index contributed by atoms with van der Waals surface area (Å²) in [6, 6.07) is 13.4. The van der Waals surface area contributed by atoms with Crippen molar-refractivity contribution in [1.82, 2.24) is 4.98 Å². The molecule has 2 aromatic carbocycles. The second-order valence-corrected chi connectivity index (χ2v) is 7.47. The molecule has 0 saturated heterocycles. The van der Waals surface area contributed by atoms with E-state index in [1.165, 1.54) is 12.1 Å². The number of pyridine rings is 1. The van der Waals surface area contributed by atoms with Gasteiger partial charge in [0.2, 0.25) is 0 Å². The Balaban J connectivity index is 1.97. The van der Waals surface area contributed by atoms with Crippen molar-refractivity contribution >= 4 is 17.9 Å². The highest BCUT2D eigenvalue weighted by Gasteiger charge is 2.30. The van der Waals surface area contributed by atoms with Crippen LogP contribution in [0.15, 0.2) is 60.8 Å². The number of nitrogens with zero attached hydrogens (tertiary/aromatic N) is 1. The Morgan fingerprint density at radius 1 is 1.13 bits per heavy atom. The highest BCUT2D eigenvalue weighted by Crippen LogP contribution is 2.35. The number of carbonyl (C=O) groups excluding carboxylic acids is 1. The van der Waals surface area contributed by atoms with Gasteiger partial charge < -0.3 is 4.74 Å². The first-order chi connectivity index (χ1) is 14.8. The molecule has 162 valence electrons. The predicted octanol–water partition coefficient (Wildman–Crippen LogP) is 7.54. The van der Waals surface area contributed by atoms with E-state index >= 15 is 0 Å². The molecule has 0 unspecified atom stereocenters. The van der Waals surface area contributed by atoms with E-state index in [9.17, 15) is 18.0 Å². The lowest BCUT2D eigenvalue weighted by molar-refractivity contribution is -0.137. The Hall–Kier alpha value is -2.86. The minimum absolute atomic E-state index is 0.283. The maximum atomic E-state index is 12.9. The molecule has 1 heterocycles. The predicted molar refractivity (Wildman–Crippen MR) is 114 cm³/mol. The van der Waals surface area contributed by atoms with E-state index in [1.54, 1.807) is 30.5 Å². The zero-order valence-electron chi connectivity index (χ0n) is 16.8. The van der Waals surface area contributed by atoms with Crippen LogP contribution in [0.3, 0.4) is 0 Å². The van der Waals surface area contributed by atoms with E-state index < -0.39 is 17.8 Å². The number of carbonyl (C=O) groups is 1. The van der Waals surface area contributed by atoms with E-state index in [0.29, 0.717) is 40.8 Å². The first-order valence-electron chi connectivity index (χ1n) is 9.87. The molecule has 0 bridgehead atoms. The Bertz CT molecular complexity index is 1040. The zero-order chi connectivity index (χ0) is 22.4. The highest BCUT2D eigenvalue weighted by molar-refractivity contribution is 6.33. The molecule has 0 aliphatic rings. The van der Waals surface area contributed by atoms with Gasteiger partial charge in [-0.1, -0.05) is 43.1 Å². The molecule has 0 spiro atoms. The molecule has 31 heavy (non-hydrogen) atoms. The number of aromatic nitrogens is 1. The van der Waals surface area contributed by atoms with Gasteiger partial charge in [-0.3, -0.25) is 9.78 Å². The van der Waals surface area contributed by atoms with Crippen LogP contribution in [0.4, 0.5) is 13.2 Å². The third-order valence-electron chi connectivity index (χ3n) is 4.86. The molecule has 0 amide bonds. The van der Waals surface area contributed by atoms with Crippen LogP contribution in [0.1, 0.15) is 53.9 Å². The van der Waals surface area contributed by atoms with Crippen molar-refractivity contribution in [3.8, 4) is 16.9 Å². The molecule has 7 heteroatoms. The summed E-state index contributed by atoms with van der Waals surface area (Å²) < 4.78 is 45.0. The van der Waals surface area contributed by atoms with Crippen molar-refractivity contribution in [3.63, 3.8) is 0 Å². The standard InChI is InChI=1S/C24H21ClF3NO2/c1-2-3-6-22(31-19-12-9-17(15-30)21(25)14-19)23-20(5-4-13-29-23)16-7-10-18(11-8-16)24(26,27)28/h4-5,7-15,22H,2-3,6H2,1H3/t22-/m1/s1. The van der Waals surface area contributed by atoms with Crippen LogP contribution in [-0.4, -0.2) is 11.3 Å². The Morgan fingerprint density at radius 2 is 1.87 bits per heavy atom. The molecule has 1 aromatic heterocycles. The molecular formula is C24H21ClF3NO2. The SMILES string of the molecule is CCCC[C@@H](Oc1ccc(C=O)c(Cl)c1)c1ncccc1-c1ccc(C(F)(F)F)cc1. The maximum absolute atomic E-state index is 12.9. The number of aldehydes is 1. The zero-order valence-corrected chi connectivity index (χ0v) is 17.6. The van der Waals surface area contributed by atoms with Crippen molar-refractivity contribution in [3.05, 3.63) is 82.6 Å². The minimum atomic E-state index is -4.39. The maximum Gasteiger partial charge on any atom is 0.416 e. The van der Waals surface area contributed by atoms with Crippen LogP contribution in [0.2, 0.25) is 5.02 Å². The van der Waals surface area contributed by atoms with Gasteiger partial charge in [0.25, 0.3) is 0 Å². The van der Waals surface area contributed by atoms with E-state index in [4.69, 9.17) is 16.3 Å². The van der Waals surface area contributed by atoms with Crippen LogP contribution >= 0.6 is 11.6 Å². The molecule has 0 radical (unpaired) electrons. The third kappa shape index (κ3) is 5.64. The van der Waals surface area contributed by atoms with Crippen LogP contribution < -0.4 is 4.74 Å². The fraction of sp³-hybridized carbons (Fsp3) is 0.250. The van der Waals surface area contributed by atoms with Crippen LogP contribution in [0, 0.1) is 0 Å². The second kappa shape index (κ2) is 9.96. The lowest BCUT2D eigenvalue weighted by Crippen LogP contribution is -2.11. The molecular weight excluding hydrogens is 427 g/mol. The number of rotatable bonds is 8. The third-order valence-corrected chi connectivity index (χ3v) is 5.19. The molecule has 3 rings (SSSR count). The number of halogens is 4. The van der Waals surface area contributed by atoms with Gasteiger partial charge in [0.15, 0.2) is 6.29 Å². The topological polar surface area (TPSA) is 39.2 Å². The summed E-state index contributed by atoms with van der Waals surface area (Å²) in [5.74, 6) is 0.487. The van der Waals surface area contributed by atoms with Gasteiger partial charge in [-0.05, 0) is 54.8 Å². The van der Waals surface area contributed by atoms with Gasteiger partial charge in [-0.2, -0.15) is 13.2 Å². The molecule has 0 fully saturated rings. The number of unbranched alkanes of at least 4 members (excludes halogenated alkanes) is 1. The van der Waals surface area contributed by atoms with Gasteiger partial charge in [0.05, 0.1) is 16.3 Å². The molecule has 0 aliphatic heterocycles. The number of benzene rings is 2. The first-order valence-corrected chi connectivity index (χ1v) is 10.2. The summed E-state index contributed by atoms with van der Waals surface area (Å²) >= 11 is 6.12. The van der Waals surface area contributed by atoms with Crippen molar-refractivity contribution in [2.45, 2.75) is 38.5 Å².